The van der Waals surface area contributed by atoms with E-state index in [1.165, 1.54) is 11.8 Å². The summed E-state index contributed by atoms with van der Waals surface area (Å²) in [6, 6.07) is 23.6. The van der Waals surface area contributed by atoms with Crippen LogP contribution in [-0.4, -0.2) is 33.2 Å². The molecule has 1 saturated carbocycles. The van der Waals surface area contributed by atoms with Crippen molar-refractivity contribution in [2.75, 3.05) is 5.32 Å². The molecule has 30 heavy (non-hydrogen) atoms. The van der Waals surface area contributed by atoms with E-state index in [4.69, 9.17) is 0 Å². The van der Waals surface area contributed by atoms with Gasteiger partial charge in [-0.15, -0.1) is 0 Å². The lowest BCUT2D eigenvalue weighted by Crippen LogP contribution is -2.35. The van der Waals surface area contributed by atoms with Crippen molar-refractivity contribution in [3.8, 4) is 0 Å². The highest BCUT2D eigenvalue weighted by atomic mass is 32.2. The maximum absolute atomic E-state index is 13.0. The van der Waals surface area contributed by atoms with Crippen LogP contribution < -0.4 is 5.32 Å². The zero-order valence-electron chi connectivity index (χ0n) is 16.3. The van der Waals surface area contributed by atoms with Crippen LogP contribution in [0, 0.1) is 0 Å². The minimum atomic E-state index is -0.442. The van der Waals surface area contributed by atoms with Gasteiger partial charge in [-0.1, -0.05) is 66.4 Å². The molecule has 150 valence electrons. The fourth-order valence-corrected chi connectivity index (χ4v) is 4.89. The number of nitrogens with zero attached hydrogens (tertiary/aromatic N) is 2. The van der Waals surface area contributed by atoms with Gasteiger partial charge in [0.2, 0.25) is 11.8 Å². The van der Waals surface area contributed by atoms with Gasteiger partial charge in [0.25, 0.3) is 0 Å². The van der Waals surface area contributed by atoms with Crippen LogP contribution in [0.25, 0.3) is 10.8 Å². The summed E-state index contributed by atoms with van der Waals surface area (Å²) in [7, 11) is 0. The van der Waals surface area contributed by atoms with Crippen molar-refractivity contribution in [1.82, 2.24) is 4.90 Å². The molecule has 6 heteroatoms. The molecule has 1 aliphatic carbocycles. The minimum absolute atomic E-state index is 0.00903. The smallest absolute Gasteiger partial charge is 0.242 e. The molecule has 3 aromatic rings. The number of aliphatic imine (C=N–C) groups is 1. The molecule has 1 aliphatic heterocycles. The van der Waals surface area contributed by atoms with E-state index >= 15 is 0 Å². The molecule has 0 bridgehead atoms. The lowest BCUT2D eigenvalue weighted by atomic mass is 10.1. The van der Waals surface area contributed by atoms with Gasteiger partial charge in [0.15, 0.2) is 5.17 Å². The highest BCUT2D eigenvalue weighted by Gasteiger charge is 2.46. The lowest BCUT2D eigenvalue weighted by Gasteiger charge is -2.15. The third kappa shape index (κ3) is 3.83. The predicted octanol–water partition coefficient (Wildman–Crippen LogP) is 4.96. The molecule has 0 spiro atoms. The first-order chi connectivity index (χ1) is 14.7. The van der Waals surface area contributed by atoms with E-state index in [1.54, 1.807) is 4.90 Å². The highest BCUT2D eigenvalue weighted by Crippen LogP contribution is 2.39. The Morgan fingerprint density at radius 1 is 1.00 bits per heavy atom. The normalized spacial score (nSPS) is 20.1. The van der Waals surface area contributed by atoms with E-state index in [2.05, 4.69) is 10.3 Å². The lowest BCUT2D eigenvalue weighted by molar-refractivity contribution is -0.128. The minimum Gasteiger partial charge on any atom is -0.325 e. The van der Waals surface area contributed by atoms with Gasteiger partial charge in [0.1, 0.15) is 5.25 Å². The van der Waals surface area contributed by atoms with Crippen molar-refractivity contribution >= 4 is 50.9 Å². The van der Waals surface area contributed by atoms with Crippen LogP contribution in [0.3, 0.4) is 0 Å². The number of carbonyl (C=O) groups excluding carboxylic acids is 2. The van der Waals surface area contributed by atoms with Crippen molar-refractivity contribution in [3.63, 3.8) is 0 Å². The molecule has 2 fully saturated rings. The van der Waals surface area contributed by atoms with Crippen LogP contribution in [-0.2, 0) is 9.59 Å². The second kappa shape index (κ2) is 7.95. The average Bonchev–Trinajstić information content (AvgIpc) is 3.55. The standard InChI is InChI=1S/C24H21N3O2S/c28-22(26-20-12-6-8-16-7-4-5-11-19(16)20)15-21-23(29)27(18-13-14-18)24(30-21)25-17-9-2-1-3-10-17/h1-12,18,21H,13-15H2,(H,26,28)/t21-/m0/s1. The van der Waals surface area contributed by atoms with Crippen LogP contribution in [0.4, 0.5) is 11.4 Å². The molecule has 2 amide bonds. The van der Waals surface area contributed by atoms with Crippen molar-refractivity contribution in [1.29, 1.82) is 0 Å². The summed E-state index contributed by atoms with van der Waals surface area (Å²) in [5, 5.41) is 5.32. The molecular formula is C24H21N3O2S. The number of rotatable bonds is 5. The second-order valence-electron chi connectivity index (χ2n) is 7.55. The summed E-state index contributed by atoms with van der Waals surface area (Å²) in [6.07, 6.45) is 2.12. The largest absolute Gasteiger partial charge is 0.325 e. The van der Waals surface area contributed by atoms with E-state index in [0.29, 0.717) is 5.17 Å². The zero-order valence-corrected chi connectivity index (χ0v) is 17.1. The topological polar surface area (TPSA) is 61.8 Å². The Labute approximate surface area is 179 Å². The Morgan fingerprint density at radius 2 is 1.73 bits per heavy atom. The van der Waals surface area contributed by atoms with Gasteiger partial charge in [-0.2, -0.15) is 0 Å². The number of benzene rings is 3. The van der Waals surface area contributed by atoms with Crippen molar-refractivity contribution in [2.24, 2.45) is 4.99 Å². The summed E-state index contributed by atoms with van der Waals surface area (Å²) in [4.78, 5) is 32.3. The molecule has 1 N–H and O–H groups in total. The van der Waals surface area contributed by atoms with E-state index in [9.17, 15) is 9.59 Å². The van der Waals surface area contributed by atoms with Gasteiger partial charge in [-0.25, -0.2) is 4.99 Å². The van der Waals surface area contributed by atoms with E-state index in [-0.39, 0.29) is 24.3 Å². The van der Waals surface area contributed by atoms with Gasteiger partial charge in [-0.05, 0) is 36.4 Å². The Hall–Kier alpha value is -3.12. The first-order valence-electron chi connectivity index (χ1n) is 10.1. The highest BCUT2D eigenvalue weighted by molar-refractivity contribution is 8.15. The Morgan fingerprint density at radius 3 is 2.53 bits per heavy atom. The molecule has 5 nitrogen and oxygen atoms in total. The number of para-hydroxylation sites is 1. The number of amides is 2. The number of nitrogens with one attached hydrogen (secondary N) is 1. The maximum Gasteiger partial charge on any atom is 0.242 e. The molecule has 1 saturated heterocycles. The Kier molecular flexibility index (Phi) is 5.01. The number of anilines is 1. The second-order valence-corrected chi connectivity index (χ2v) is 8.72. The number of carbonyl (C=O) groups is 2. The first kappa shape index (κ1) is 18.9. The third-order valence-corrected chi connectivity index (χ3v) is 6.45. The van der Waals surface area contributed by atoms with E-state index in [0.717, 1.165) is 35.0 Å². The van der Waals surface area contributed by atoms with Crippen molar-refractivity contribution in [2.45, 2.75) is 30.6 Å². The van der Waals surface area contributed by atoms with Crippen LogP contribution >= 0.6 is 11.8 Å². The fourth-order valence-electron chi connectivity index (χ4n) is 3.68. The van der Waals surface area contributed by atoms with Crippen molar-refractivity contribution in [3.05, 3.63) is 72.8 Å². The molecule has 0 aromatic heterocycles. The van der Waals surface area contributed by atoms with Crippen molar-refractivity contribution < 1.29 is 9.59 Å². The molecule has 0 radical (unpaired) electrons. The summed E-state index contributed by atoms with van der Waals surface area (Å²) >= 11 is 1.40. The van der Waals surface area contributed by atoms with Gasteiger partial charge in [0, 0.05) is 23.5 Å². The maximum atomic E-state index is 13.0. The molecule has 1 heterocycles. The number of thioether (sulfide) groups is 1. The summed E-state index contributed by atoms with van der Waals surface area (Å²) in [5.74, 6) is -0.167. The van der Waals surface area contributed by atoms with Gasteiger partial charge < -0.3 is 5.32 Å². The van der Waals surface area contributed by atoms with E-state index < -0.39 is 5.25 Å². The predicted molar refractivity (Wildman–Crippen MR) is 122 cm³/mol. The van der Waals surface area contributed by atoms with Crippen LogP contribution in [0.15, 0.2) is 77.8 Å². The fraction of sp³-hybridized carbons (Fsp3) is 0.208. The number of amidine groups is 1. The summed E-state index contributed by atoms with van der Waals surface area (Å²) in [5.41, 5.74) is 1.59. The van der Waals surface area contributed by atoms with Crippen LogP contribution in [0.2, 0.25) is 0 Å². The Bertz CT molecular complexity index is 1140. The van der Waals surface area contributed by atoms with Gasteiger partial charge >= 0.3 is 0 Å². The number of fused-ring (bicyclic) bond motifs is 1. The molecule has 0 unspecified atom stereocenters. The quantitative estimate of drug-likeness (QED) is 0.640. The molecule has 5 rings (SSSR count). The molecular weight excluding hydrogens is 394 g/mol. The number of hydrogen-bond donors (Lipinski definition) is 1. The summed E-state index contributed by atoms with van der Waals surface area (Å²) in [6.45, 7) is 0. The van der Waals surface area contributed by atoms with Gasteiger partial charge in [-0.3, -0.25) is 14.5 Å². The SMILES string of the molecule is O=C(C[C@@H]1SC(=Nc2ccccc2)N(C2CC2)C1=O)Nc1cccc2ccccc12. The summed E-state index contributed by atoms with van der Waals surface area (Å²) < 4.78 is 0. The average molecular weight is 416 g/mol. The Balaban J connectivity index is 1.33. The number of hydrogen-bond acceptors (Lipinski definition) is 4. The van der Waals surface area contributed by atoms with Crippen LogP contribution in [0.5, 0.6) is 0 Å². The molecule has 3 aromatic carbocycles. The monoisotopic (exact) mass is 415 g/mol. The van der Waals surface area contributed by atoms with E-state index in [1.807, 2.05) is 72.8 Å². The zero-order chi connectivity index (χ0) is 20.5. The van der Waals surface area contributed by atoms with Gasteiger partial charge in [0.05, 0.1) is 5.69 Å². The molecule has 2 aliphatic rings. The van der Waals surface area contributed by atoms with Crippen LogP contribution in [0.1, 0.15) is 19.3 Å². The molecule has 1 atom stereocenters. The third-order valence-electron chi connectivity index (χ3n) is 5.29. The first-order valence-corrected chi connectivity index (χ1v) is 11.0.